The Kier molecular flexibility index (Phi) is 10.8. The van der Waals surface area contributed by atoms with Crippen molar-refractivity contribution in [3.8, 4) is 0 Å². The first-order chi connectivity index (χ1) is 12.9. The van der Waals surface area contributed by atoms with Gasteiger partial charge in [-0.1, -0.05) is 34.1 Å². The molecule has 4 amide bonds. The molecule has 0 bridgehead atoms. The molecule has 0 saturated heterocycles. The smallest absolute Gasteiger partial charge is 0.326 e. The minimum absolute atomic E-state index is 0.146. The van der Waals surface area contributed by atoms with Crippen LogP contribution in [0.2, 0.25) is 0 Å². The topological polar surface area (TPSA) is 194 Å². The first kappa shape index (κ1) is 25.3. The largest absolute Gasteiger partial charge is 0.480 e. The lowest BCUT2D eigenvalue weighted by Crippen LogP contribution is -2.55. The Morgan fingerprint density at radius 2 is 1.57 bits per heavy atom. The van der Waals surface area contributed by atoms with E-state index in [-0.39, 0.29) is 11.8 Å². The van der Waals surface area contributed by atoms with Gasteiger partial charge in [-0.05, 0) is 11.8 Å². The van der Waals surface area contributed by atoms with Gasteiger partial charge in [0, 0.05) is 0 Å². The van der Waals surface area contributed by atoms with Crippen LogP contribution in [0, 0.1) is 11.8 Å². The van der Waals surface area contributed by atoms with Gasteiger partial charge in [0.15, 0.2) is 0 Å². The van der Waals surface area contributed by atoms with E-state index in [0.717, 1.165) is 0 Å². The molecule has 160 valence electrons. The van der Waals surface area contributed by atoms with Gasteiger partial charge in [0.2, 0.25) is 23.6 Å². The summed E-state index contributed by atoms with van der Waals surface area (Å²) in [4.78, 5) is 58.6. The fraction of sp³-hybridized carbons (Fsp3) is 0.706. The maximum absolute atomic E-state index is 12.3. The zero-order chi connectivity index (χ0) is 22.0. The SMILES string of the molecule is CCC(C)C(N)C(=O)NC(CC(N)=O)C(=O)NCC(=O)NC(C(=O)O)C(C)C. The Morgan fingerprint density at radius 1 is 1.00 bits per heavy atom. The maximum Gasteiger partial charge on any atom is 0.326 e. The highest BCUT2D eigenvalue weighted by Gasteiger charge is 2.28. The quantitative estimate of drug-likeness (QED) is 0.219. The van der Waals surface area contributed by atoms with Crippen molar-refractivity contribution in [2.24, 2.45) is 23.3 Å². The van der Waals surface area contributed by atoms with Crippen LogP contribution in [0.15, 0.2) is 0 Å². The van der Waals surface area contributed by atoms with Crippen molar-refractivity contribution in [1.29, 1.82) is 0 Å². The van der Waals surface area contributed by atoms with Crippen LogP contribution in [-0.2, 0) is 24.0 Å². The molecule has 0 spiro atoms. The van der Waals surface area contributed by atoms with Gasteiger partial charge in [0.25, 0.3) is 0 Å². The van der Waals surface area contributed by atoms with Crippen LogP contribution in [-0.4, -0.2) is 59.4 Å². The van der Waals surface area contributed by atoms with E-state index in [4.69, 9.17) is 16.6 Å². The van der Waals surface area contributed by atoms with Crippen LogP contribution >= 0.6 is 0 Å². The van der Waals surface area contributed by atoms with Crippen LogP contribution in [0.1, 0.15) is 40.5 Å². The minimum Gasteiger partial charge on any atom is -0.480 e. The molecule has 4 unspecified atom stereocenters. The summed E-state index contributed by atoms with van der Waals surface area (Å²) >= 11 is 0. The number of nitrogens with one attached hydrogen (secondary N) is 3. The molecule has 4 atom stereocenters. The molecule has 0 rings (SSSR count). The second-order valence-electron chi connectivity index (χ2n) is 6.99. The van der Waals surface area contributed by atoms with Crippen molar-refractivity contribution < 1.29 is 29.1 Å². The van der Waals surface area contributed by atoms with E-state index in [9.17, 15) is 24.0 Å². The number of carbonyl (C=O) groups is 5. The van der Waals surface area contributed by atoms with E-state index < -0.39 is 60.7 Å². The average Bonchev–Trinajstić information content (AvgIpc) is 2.60. The molecule has 0 heterocycles. The summed E-state index contributed by atoms with van der Waals surface area (Å²) in [7, 11) is 0. The zero-order valence-electron chi connectivity index (χ0n) is 16.7. The number of carboxylic acids is 1. The third kappa shape index (κ3) is 8.80. The average molecular weight is 401 g/mol. The molecule has 8 N–H and O–H groups in total. The summed E-state index contributed by atoms with van der Waals surface area (Å²) in [5, 5.41) is 16.0. The molecule has 0 aliphatic carbocycles. The van der Waals surface area contributed by atoms with Gasteiger partial charge in [0.05, 0.1) is 19.0 Å². The van der Waals surface area contributed by atoms with E-state index in [2.05, 4.69) is 16.0 Å². The third-order valence-electron chi connectivity index (χ3n) is 4.27. The molecule has 0 fully saturated rings. The summed E-state index contributed by atoms with van der Waals surface area (Å²) in [6.07, 6.45) is 0.165. The molecular weight excluding hydrogens is 370 g/mol. The third-order valence-corrected chi connectivity index (χ3v) is 4.27. The standard InChI is InChI=1S/C17H31N5O6/c1-5-9(4)13(19)16(26)21-10(6-11(18)23)15(25)20-7-12(24)22-14(8(2)3)17(27)28/h8-10,13-14H,5-7,19H2,1-4H3,(H2,18,23)(H,20,25)(H,21,26)(H,22,24)(H,27,28). The molecule has 0 aromatic rings. The molecule has 11 nitrogen and oxygen atoms in total. The van der Waals surface area contributed by atoms with Crippen LogP contribution < -0.4 is 27.4 Å². The summed E-state index contributed by atoms with van der Waals surface area (Å²) in [5.41, 5.74) is 10.9. The number of primary amides is 1. The molecule has 0 aromatic carbocycles. The Morgan fingerprint density at radius 3 is 2.00 bits per heavy atom. The predicted octanol–water partition coefficient (Wildman–Crippen LogP) is -1.94. The van der Waals surface area contributed by atoms with Crippen molar-refractivity contribution in [3.63, 3.8) is 0 Å². The molecule has 0 saturated carbocycles. The Hall–Kier alpha value is -2.69. The molecule has 0 radical (unpaired) electrons. The number of hydrogen-bond donors (Lipinski definition) is 6. The second kappa shape index (κ2) is 11.9. The summed E-state index contributed by atoms with van der Waals surface area (Å²) < 4.78 is 0. The molecule has 0 aromatic heterocycles. The van der Waals surface area contributed by atoms with E-state index >= 15 is 0 Å². The first-order valence-electron chi connectivity index (χ1n) is 9.04. The fourth-order valence-electron chi connectivity index (χ4n) is 2.22. The first-order valence-corrected chi connectivity index (χ1v) is 9.04. The van der Waals surface area contributed by atoms with Crippen LogP contribution in [0.5, 0.6) is 0 Å². The zero-order valence-corrected chi connectivity index (χ0v) is 16.7. The van der Waals surface area contributed by atoms with Crippen molar-refractivity contribution in [1.82, 2.24) is 16.0 Å². The number of nitrogens with two attached hydrogens (primary N) is 2. The number of amides is 4. The van der Waals surface area contributed by atoms with Gasteiger partial charge >= 0.3 is 5.97 Å². The van der Waals surface area contributed by atoms with Crippen LogP contribution in [0.25, 0.3) is 0 Å². The van der Waals surface area contributed by atoms with Gasteiger partial charge in [-0.2, -0.15) is 0 Å². The van der Waals surface area contributed by atoms with Gasteiger partial charge in [-0.25, -0.2) is 4.79 Å². The molecule has 28 heavy (non-hydrogen) atoms. The van der Waals surface area contributed by atoms with Gasteiger partial charge in [0.1, 0.15) is 12.1 Å². The van der Waals surface area contributed by atoms with Gasteiger partial charge in [-0.3, -0.25) is 19.2 Å². The lowest BCUT2D eigenvalue weighted by Gasteiger charge is -2.22. The van der Waals surface area contributed by atoms with Crippen LogP contribution in [0.3, 0.4) is 0 Å². The molecular formula is C17H31N5O6. The fourth-order valence-corrected chi connectivity index (χ4v) is 2.22. The summed E-state index contributed by atoms with van der Waals surface area (Å²) in [5.74, 6) is -4.69. The van der Waals surface area contributed by atoms with Gasteiger partial charge < -0.3 is 32.5 Å². The number of carboxylic acid groups (broad SMARTS) is 1. The number of carbonyl (C=O) groups excluding carboxylic acids is 4. The van der Waals surface area contributed by atoms with Crippen molar-refractivity contribution in [2.75, 3.05) is 6.54 Å². The summed E-state index contributed by atoms with van der Waals surface area (Å²) in [6, 6.07) is -3.29. The highest BCUT2D eigenvalue weighted by molar-refractivity contribution is 5.95. The normalized spacial score (nSPS) is 15.1. The van der Waals surface area contributed by atoms with Gasteiger partial charge in [-0.15, -0.1) is 0 Å². The number of aliphatic carboxylic acids is 1. The van der Waals surface area contributed by atoms with E-state index in [0.29, 0.717) is 6.42 Å². The van der Waals surface area contributed by atoms with Crippen molar-refractivity contribution in [3.05, 3.63) is 0 Å². The Labute approximate surface area is 164 Å². The lowest BCUT2D eigenvalue weighted by atomic mass is 9.99. The number of rotatable bonds is 12. The minimum atomic E-state index is -1.30. The number of hydrogen-bond acceptors (Lipinski definition) is 6. The van der Waals surface area contributed by atoms with Crippen LogP contribution in [0.4, 0.5) is 0 Å². The Bertz CT molecular complexity index is 595. The van der Waals surface area contributed by atoms with Crippen molar-refractivity contribution in [2.45, 2.75) is 58.7 Å². The molecule has 0 aliphatic rings. The molecule has 11 heteroatoms. The highest BCUT2D eigenvalue weighted by Crippen LogP contribution is 2.06. The predicted molar refractivity (Wildman–Crippen MR) is 101 cm³/mol. The summed E-state index contributed by atoms with van der Waals surface area (Å²) in [6.45, 7) is 6.34. The van der Waals surface area contributed by atoms with E-state index in [1.165, 1.54) is 0 Å². The van der Waals surface area contributed by atoms with Crippen molar-refractivity contribution >= 4 is 29.6 Å². The Balaban J connectivity index is 4.90. The molecule has 0 aliphatic heterocycles. The monoisotopic (exact) mass is 401 g/mol. The lowest BCUT2D eigenvalue weighted by molar-refractivity contribution is -0.143. The van der Waals surface area contributed by atoms with E-state index in [1.54, 1.807) is 20.8 Å². The highest BCUT2D eigenvalue weighted by atomic mass is 16.4. The maximum atomic E-state index is 12.3. The van der Waals surface area contributed by atoms with E-state index in [1.807, 2.05) is 6.92 Å². The second-order valence-corrected chi connectivity index (χ2v) is 6.99.